The molecule has 0 saturated heterocycles. The summed E-state index contributed by atoms with van der Waals surface area (Å²) in [5.41, 5.74) is 4.01. The molecular formula is C22H16ClF2N3O. The summed E-state index contributed by atoms with van der Waals surface area (Å²) in [6.45, 7) is 1.97. The summed E-state index contributed by atoms with van der Waals surface area (Å²) >= 11 is 6.35. The van der Waals surface area contributed by atoms with E-state index in [1.165, 1.54) is 12.1 Å². The summed E-state index contributed by atoms with van der Waals surface area (Å²) in [6, 6.07) is 10.8. The maximum absolute atomic E-state index is 13.8. The molecule has 0 atom stereocenters. The maximum Gasteiger partial charge on any atom is 0.228 e. The first kappa shape index (κ1) is 19.2. The van der Waals surface area contributed by atoms with E-state index in [0.29, 0.717) is 28.5 Å². The van der Waals surface area contributed by atoms with Crippen LogP contribution in [0.5, 0.6) is 0 Å². The van der Waals surface area contributed by atoms with Crippen molar-refractivity contribution in [1.82, 2.24) is 4.98 Å². The summed E-state index contributed by atoms with van der Waals surface area (Å²) in [4.78, 5) is 21.2. The molecule has 0 unspecified atom stereocenters. The molecule has 0 radical (unpaired) electrons. The molecule has 7 heteroatoms. The minimum atomic E-state index is -1.01. The van der Waals surface area contributed by atoms with Gasteiger partial charge in [-0.05, 0) is 36.8 Å². The predicted molar refractivity (Wildman–Crippen MR) is 109 cm³/mol. The van der Waals surface area contributed by atoms with Crippen LogP contribution in [0.3, 0.4) is 0 Å². The summed E-state index contributed by atoms with van der Waals surface area (Å²) in [6.07, 6.45) is 2.07. The van der Waals surface area contributed by atoms with E-state index >= 15 is 0 Å². The minimum Gasteiger partial charge on any atom is -0.326 e. The van der Waals surface area contributed by atoms with Gasteiger partial charge in [0.1, 0.15) is 0 Å². The largest absolute Gasteiger partial charge is 0.326 e. The Kier molecular flexibility index (Phi) is 5.11. The number of nitrogens with zero attached hydrogens (tertiary/aromatic N) is 2. The van der Waals surface area contributed by atoms with Gasteiger partial charge in [0.15, 0.2) is 17.5 Å². The summed E-state index contributed by atoms with van der Waals surface area (Å²) < 4.78 is 27.1. The molecule has 29 heavy (non-hydrogen) atoms. The number of nitrogens with one attached hydrogen (secondary N) is 1. The Hall–Kier alpha value is -3.12. The van der Waals surface area contributed by atoms with Crippen molar-refractivity contribution < 1.29 is 13.6 Å². The van der Waals surface area contributed by atoms with E-state index in [2.05, 4.69) is 15.3 Å². The smallest absolute Gasteiger partial charge is 0.228 e. The molecule has 2 aromatic carbocycles. The lowest BCUT2D eigenvalue weighted by molar-refractivity contribution is -0.115. The van der Waals surface area contributed by atoms with Crippen LogP contribution in [0, 0.1) is 18.6 Å². The molecule has 0 bridgehead atoms. The molecule has 1 amide bonds. The number of hydrogen-bond donors (Lipinski definition) is 1. The van der Waals surface area contributed by atoms with Crippen LogP contribution in [-0.2, 0) is 17.6 Å². The maximum atomic E-state index is 13.8. The number of halogens is 3. The molecule has 1 aliphatic rings. The van der Waals surface area contributed by atoms with E-state index in [0.717, 1.165) is 22.9 Å². The SMILES string of the molecule is Cc1cnc2c(c1)CC(c1cc(NC(=O)Cc3cccc(F)c3F)ccc1Cl)=N2. The number of pyridine rings is 1. The second-order valence-corrected chi connectivity index (χ2v) is 7.27. The number of aryl methyl sites for hydroxylation is 1. The lowest BCUT2D eigenvalue weighted by Crippen LogP contribution is -2.16. The van der Waals surface area contributed by atoms with Crippen molar-refractivity contribution in [3.63, 3.8) is 0 Å². The van der Waals surface area contributed by atoms with Crippen LogP contribution in [0.4, 0.5) is 20.3 Å². The normalized spacial score (nSPS) is 12.5. The number of anilines is 1. The van der Waals surface area contributed by atoms with E-state index < -0.39 is 17.5 Å². The second kappa shape index (κ2) is 7.72. The zero-order valence-electron chi connectivity index (χ0n) is 15.5. The summed E-state index contributed by atoms with van der Waals surface area (Å²) in [5.74, 6) is -1.79. The third kappa shape index (κ3) is 4.03. The molecule has 0 saturated carbocycles. The van der Waals surface area contributed by atoms with E-state index in [1.54, 1.807) is 24.4 Å². The van der Waals surface area contributed by atoms with Crippen molar-refractivity contribution in [2.45, 2.75) is 19.8 Å². The Morgan fingerprint density at radius 2 is 2.03 bits per heavy atom. The van der Waals surface area contributed by atoms with Gasteiger partial charge in [-0.1, -0.05) is 29.8 Å². The molecule has 146 valence electrons. The highest BCUT2D eigenvalue weighted by Crippen LogP contribution is 2.31. The molecular weight excluding hydrogens is 396 g/mol. The fraction of sp³-hybridized carbons (Fsp3) is 0.136. The average molecular weight is 412 g/mol. The lowest BCUT2D eigenvalue weighted by Gasteiger charge is -2.10. The first-order valence-electron chi connectivity index (χ1n) is 8.96. The Bertz CT molecular complexity index is 1160. The van der Waals surface area contributed by atoms with E-state index in [1.807, 2.05) is 13.0 Å². The average Bonchev–Trinajstić information content (AvgIpc) is 3.10. The van der Waals surface area contributed by atoms with Crippen molar-refractivity contribution >= 4 is 34.7 Å². The van der Waals surface area contributed by atoms with Gasteiger partial charge < -0.3 is 5.32 Å². The van der Waals surface area contributed by atoms with Crippen molar-refractivity contribution in [3.8, 4) is 0 Å². The highest BCUT2D eigenvalue weighted by atomic mass is 35.5. The number of amides is 1. The Labute approximate surface area is 171 Å². The fourth-order valence-electron chi connectivity index (χ4n) is 3.24. The van der Waals surface area contributed by atoms with Gasteiger partial charge in [0.25, 0.3) is 0 Å². The van der Waals surface area contributed by atoms with Gasteiger partial charge in [0.05, 0.1) is 12.1 Å². The minimum absolute atomic E-state index is 0.00579. The molecule has 2 heterocycles. The van der Waals surface area contributed by atoms with Gasteiger partial charge in [-0.2, -0.15) is 0 Å². The van der Waals surface area contributed by atoms with Crippen LogP contribution in [0.2, 0.25) is 5.02 Å². The Balaban J connectivity index is 1.53. The van der Waals surface area contributed by atoms with E-state index in [4.69, 9.17) is 11.6 Å². The predicted octanol–water partition coefficient (Wildman–Crippen LogP) is 5.18. The third-order valence-corrected chi connectivity index (χ3v) is 4.95. The van der Waals surface area contributed by atoms with Gasteiger partial charge in [0, 0.05) is 40.0 Å². The third-order valence-electron chi connectivity index (χ3n) is 4.62. The zero-order valence-corrected chi connectivity index (χ0v) is 16.2. The van der Waals surface area contributed by atoms with Gasteiger partial charge >= 0.3 is 0 Å². The number of carbonyl (C=O) groups is 1. The van der Waals surface area contributed by atoms with Gasteiger partial charge in [0.2, 0.25) is 5.91 Å². The molecule has 0 spiro atoms. The van der Waals surface area contributed by atoms with Crippen molar-refractivity contribution in [2.24, 2.45) is 4.99 Å². The number of aromatic nitrogens is 1. The Morgan fingerprint density at radius 3 is 2.86 bits per heavy atom. The highest BCUT2D eigenvalue weighted by Gasteiger charge is 2.20. The molecule has 4 rings (SSSR count). The van der Waals surface area contributed by atoms with Crippen LogP contribution >= 0.6 is 11.6 Å². The van der Waals surface area contributed by atoms with Crippen LogP contribution in [0.1, 0.15) is 22.3 Å². The summed E-state index contributed by atoms with van der Waals surface area (Å²) in [5, 5.41) is 3.20. The van der Waals surface area contributed by atoms with Crippen LogP contribution in [-0.4, -0.2) is 16.6 Å². The number of benzene rings is 2. The quantitative estimate of drug-likeness (QED) is 0.643. The topological polar surface area (TPSA) is 54.4 Å². The molecule has 1 aliphatic heterocycles. The van der Waals surface area contributed by atoms with Crippen molar-refractivity contribution in [2.75, 3.05) is 5.32 Å². The first-order valence-corrected chi connectivity index (χ1v) is 9.34. The monoisotopic (exact) mass is 411 g/mol. The molecule has 3 aromatic rings. The van der Waals surface area contributed by atoms with E-state index in [-0.39, 0.29) is 12.0 Å². The number of carbonyl (C=O) groups excluding carboxylic acids is 1. The van der Waals surface area contributed by atoms with Crippen molar-refractivity contribution in [1.29, 1.82) is 0 Å². The van der Waals surface area contributed by atoms with Crippen LogP contribution in [0.15, 0.2) is 53.7 Å². The number of hydrogen-bond acceptors (Lipinski definition) is 3. The number of fused-ring (bicyclic) bond motifs is 1. The standard InChI is InChI=1S/C22H16ClF2N3O/c1-12-7-14-8-19(28-22(14)26-11-12)16-10-15(5-6-17(16)23)27-20(29)9-13-3-2-4-18(24)21(13)25/h2-7,10-11H,8-9H2,1H3,(H,27,29). The van der Waals surface area contributed by atoms with Gasteiger partial charge in [-0.25, -0.2) is 18.8 Å². The molecule has 4 nitrogen and oxygen atoms in total. The van der Waals surface area contributed by atoms with E-state index in [9.17, 15) is 13.6 Å². The zero-order chi connectivity index (χ0) is 20.5. The van der Waals surface area contributed by atoms with Gasteiger partial charge in [-0.3, -0.25) is 4.79 Å². The van der Waals surface area contributed by atoms with Crippen LogP contribution in [0.25, 0.3) is 0 Å². The van der Waals surface area contributed by atoms with Crippen LogP contribution < -0.4 is 5.32 Å². The molecule has 0 fully saturated rings. The number of rotatable bonds is 4. The first-order chi connectivity index (χ1) is 13.9. The fourth-order valence-corrected chi connectivity index (χ4v) is 3.47. The summed E-state index contributed by atoms with van der Waals surface area (Å²) in [7, 11) is 0. The van der Waals surface area contributed by atoms with Crippen molar-refractivity contribution in [3.05, 3.63) is 87.6 Å². The molecule has 0 aliphatic carbocycles. The molecule has 1 N–H and O–H groups in total. The Morgan fingerprint density at radius 1 is 1.21 bits per heavy atom. The lowest BCUT2D eigenvalue weighted by atomic mass is 10.0. The van der Waals surface area contributed by atoms with Gasteiger partial charge in [-0.15, -0.1) is 0 Å². The highest BCUT2D eigenvalue weighted by molar-refractivity contribution is 6.34. The molecule has 1 aromatic heterocycles. The number of aliphatic imine (C=N–C) groups is 1. The second-order valence-electron chi connectivity index (χ2n) is 6.86.